The van der Waals surface area contributed by atoms with Crippen LogP contribution < -0.4 is 5.32 Å². The Hall–Kier alpha value is -2.01. The molecule has 2 aromatic carbocycles. The third kappa shape index (κ3) is 3.98. The highest BCUT2D eigenvalue weighted by Gasteiger charge is 2.30. The molecule has 0 fully saturated rings. The molecule has 1 atom stereocenters. The number of amides is 1. The zero-order chi connectivity index (χ0) is 15.5. The normalized spacial score (nSPS) is 12.8. The van der Waals surface area contributed by atoms with E-state index < -0.39 is 23.0 Å². The number of anilines is 1. The topological polar surface area (TPSA) is 29.1 Å². The second-order valence-electron chi connectivity index (χ2n) is 4.34. The first kappa shape index (κ1) is 15.4. The van der Waals surface area contributed by atoms with E-state index in [4.69, 9.17) is 11.6 Å². The van der Waals surface area contributed by atoms with Gasteiger partial charge < -0.3 is 5.32 Å². The molecule has 0 aromatic heterocycles. The molecule has 0 aliphatic carbocycles. The van der Waals surface area contributed by atoms with Gasteiger partial charge in [0.1, 0.15) is 5.38 Å². The minimum absolute atomic E-state index is 0.0522. The van der Waals surface area contributed by atoms with Crippen LogP contribution in [0.1, 0.15) is 16.5 Å². The van der Waals surface area contributed by atoms with Crippen LogP contribution in [0.4, 0.5) is 18.9 Å². The van der Waals surface area contributed by atoms with Crippen molar-refractivity contribution in [1.29, 1.82) is 0 Å². The largest absolute Gasteiger partial charge is 0.416 e. The fraction of sp³-hybridized carbons (Fsp3) is 0.133. The number of hydrogen-bond donors (Lipinski definition) is 1. The molecule has 1 amide bonds. The quantitative estimate of drug-likeness (QED) is 0.823. The third-order valence-electron chi connectivity index (χ3n) is 2.78. The van der Waals surface area contributed by atoms with Crippen LogP contribution in [-0.4, -0.2) is 5.91 Å². The lowest BCUT2D eigenvalue weighted by Gasteiger charge is -2.12. The molecule has 21 heavy (non-hydrogen) atoms. The van der Waals surface area contributed by atoms with Crippen molar-refractivity contribution in [1.82, 2.24) is 0 Å². The summed E-state index contributed by atoms with van der Waals surface area (Å²) in [4.78, 5) is 11.9. The van der Waals surface area contributed by atoms with Gasteiger partial charge in [0, 0.05) is 5.69 Å². The van der Waals surface area contributed by atoms with E-state index in [1.165, 1.54) is 12.1 Å². The first-order valence-electron chi connectivity index (χ1n) is 6.05. The minimum atomic E-state index is -4.46. The maximum Gasteiger partial charge on any atom is 0.416 e. The van der Waals surface area contributed by atoms with Crippen LogP contribution in [0.25, 0.3) is 0 Å². The van der Waals surface area contributed by atoms with Gasteiger partial charge in [-0.15, -0.1) is 11.6 Å². The monoisotopic (exact) mass is 313 g/mol. The molecule has 0 spiro atoms. The molecule has 0 bridgehead atoms. The summed E-state index contributed by atoms with van der Waals surface area (Å²) in [6.45, 7) is 0. The first-order chi connectivity index (χ1) is 9.88. The first-order valence-corrected chi connectivity index (χ1v) is 6.49. The Bertz CT molecular complexity index is 628. The van der Waals surface area contributed by atoms with Crippen LogP contribution in [0.2, 0.25) is 0 Å². The Kier molecular flexibility index (Phi) is 4.53. The van der Waals surface area contributed by atoms with Crippen LogP contribution in [0.3, 0.4) is 0 Å². The van der Waals surface area contributed by atoms with E-state index in [1.54, 1.807) is 30.3 Å². The summed E-state index contributed by atoms with van der Waals surface area (Å²) in [6, 6.07) is 13.0. The number of hydrogen-bond acceptors (Lipinski definition) is 1. The Morgan fingerprint density at radius 1 is 1.05 bits per heavy atom. The molecule has 0 saturated carbocycles. The van der Waals surface area contributed by atoms with Gasteiger partial charge in [0.15, 0.2) is 0 Å². The maximum absolute atomic E-state index is 12.6. The van der Waals surface area contributed by atoms with Crippen molar-refractivity contribution in [2.45, 2.75) is 11.6 Å². The van der Waals surface area contributed by atoms with Crippen molar-refractivity contribution < 1.29 is 18.0 Å². The molecule has 6 heteroatoms. The van der Waals surface area contributed by atoms with E-state index in [0.29, 0.717) is 5.56 Å². The van der Waals surface area contributed by atoms with Crippen molar-refractivity contribution in [3.05, 3.63) is 65.7 Å². The van der Waals surface area contributed by atoms with Gasteiger partial charge >= 0.3 is 6.18 Å². The summed E-state index contributed by atoms with van der Waals surface area (Å²) < 4.78 is 37.8. The molecule has 0 aliphatic rings. The van der Waals surface area contributed by atoms with E-state index in [1.807, 2.05) is 0 Å². The highest BCUT2D eigenvalue weighted by Crippen LogP contribution is 2.31. The number of carbonyl (C=O) groups excluding carboxylic acids is 1. The molecule has 1 N–H and O–H groups in total. The van der Waals surface area contributed by atoms with Gasteiger partial charge in [-0.2, -0.15) is 13.2 Å². The predicted octanol–water partition coefficient (Wildman–Crippen LogP) is 4.62. The lowest BCUT2D eigenvalue weighted by atomic mass is 10.1. The number of carbonyl (C=O) groups is 1. The van der Waals surface area contributed by atoms with E-state index in [9.17, 15) is 18.0 Å². The minimum Gasteiger partial charge on any atom is -0.324 e. The lowest BCUT2D eigenvalue weighted by molar-refractivity contribution is -0.137. The molecule has 2 rings (SSSR count). The second kappa shape index (κ2) is 6.18. The Morgan fingerprint density at radius 2 is 1.71 bits per heavy atom. The molecule has 0 radical (unpaired) electrons. The number of rotatable bonds is 3. The molecule has 1 unspecified atom stereocenters. The van der Waals surface area contributed by atoms with Crippen LogP contribution in [0.5, 0.6) is 0 Å². The second-order valence-corrected chi connectivity index (χ2v) is 4.78. The summed E-state index contributed by atoms with van der Waals surface area (Å²) >= 11 is 6.00. The van der Waals surface area contributed by atoms with Crippen molar-refractivity contribution >= 4 is 23.2 Å². The van der Waals surface area contributed by atoms with Crippen LogP contribution in [0.15, 0.2) is 54.6 Å². The molecule has 2 nitrogen and oxygen atoms in total. The van der Waals surface area contributed by atoms with Crippen LogP contribution >= 0.6 is 11.6 Å². The molecule has 0 saturated heterocycles. The number of halogens is 4. The molecule has 110 valence electrons. The highest BCUT2D eigenvalue weighted by molar-refractivity contribution is 6.32. The maximum atomic E-state index is 12.6. The van der Waals surface area contributed by atoms with Gasteiger partial charge in [-0.05, 0) is 23.8 Å². The van der Waals surface area contributed by atoms with Gasteiger partial charge in [0.2, 0.25) is 5.91 Å². The lowest BCUT2D eigenvalue weighted by Crippen LogP contribution is -2.17. The van der Waals surface area contributed by atoms with Crippen molar-refractivity contribution in [2.75, 3.05) is 5.32 Å². The van der Waals surface area contributed by atoms with Crippen molar-refractivity contribution in [3.8, 4) is 0 Å². The molecule has 0 heterocycles. The molecule has 0 aliphatic heterocycles. The summed E-state index contributed by atoms with van der Waals surface area (Å²) in [6.07, 6.45) is -4.46. The van der Waals surface area contributed by atoms with Crippen molar-refractivity contribution in [2.24, 2.45) is 0 Å². The summed E-state index contributed by atoms with van der Waals surface area (Å²) in [5.74, 6) is -0.581. The van der Waals surface area contributed by atoms with Gasteiger partial charge in [0.25, 0.3) is 0 Å². The summed E-state index contributed by atoms with van der Waals surface area (Å²) in [5.41, 5.74) is -0.203. The van der Waals surface area contributed by atoms with Gasteiger partial charge in [-0.25, -0.2) is 0 Å². The summed E-state index contributed by atoms with van der Waals surface area (Å²) in [7, 11) is 0. The van der Waals surface area contributed by atoms with E-state index in [0.717, 1.165) is 12.1 Å². The van der Waals surface area contributed by atoms with E-state index >= 15 is 0 Å². The fourth-order valence-electron chi connectivity index (χ4n) is 1.75. The Balaban J connectivity index is 2.13. The average Bonchev–Trinajstić information content (AvgIpc) is 2.47. The highest BCUT2D eigenvalue weighted by atomic mass is 35.5. The van der Waals surface area contributed by atoms with Crippen LogP contribution in [-0.2, 0) is 11.0 Å². The molecule has 2 aromatic rings. The van der Waals surface area contributed by atoms with Crippen LogP contribution in [0, 0.1) is 0 Å². The van der Waals surface area contributed by atoms with E-state index in [2.05, 4.69) is 5.32 Å². The number of benzene rings is 2. The number of alkyl halides is 4. The fourth-order valence-corrected chi connectivity index (χ4v) is 1.95. The zero-order valence-corrected chi connectivity index (χ0v) is 11.4. The zero-order valence-electron chi connectivity index (χ0n) is 10.7. The average molecular weight is 314 g/mol. The Morgan fingerprint density at radius 3 is 2.33 bits per heavy atom. The van der Waals surface area contributed by atoms with Gasteiger partial charge in [-0.1, -0.05) is 36.4 Å². The SMILES string of the molecule is O=C(Nc1cccc(C(F)(F)F)c1)C(Cl)c1ccccc1. The number of nitrogens with one attached hydrogen (secondary N) is 1. The van der Waals surface area contributed by atoms with Gasteiger partial charge in [-0.3, -0.25) is 4.79 Å². The molecular formula is C15H11ClF3NO. The molecular weight excluding hydrogens is 303 g/mol. The Labute approximate surface area is 124 Å². The summed E-state index contributed by atoms with van der Waals surface area (Å²) in [5, 5.41) is 1.41. The predicted molar refractivity (Wildman–Crippen MR) is 75.1 cm³/mol. The standard InChI is InChI=1S/C15H11ClF3NO/c16-13(10-5-2-1-3-6-10)14(21)20-12-8-4-7-11(9-12)15(17,18)19/h1-9,13H,(H,20,21). The smallest absolute Gasteiger partial charge is 0.324 e. The van der Waals surface area contributed by atoms with Gasteiger partial charge in [0.05, 0.1) is 5.56 Å². The van der Waals surface area contributed by atoms with E-state index in [-0.39, 0.29) is 5.69 Å². The van der Waals surface area contributed by atoms with Crippen molar-refractivity contribution in [3.63, 3.8) is 0 Å². The third-order valence-corrected chi connectivity index (χ3v) is 3.23.